The first-order valence-corrected chi connectivity index (χ1v) is 7.51. The van der Waals surface area contributed by atoms with E-state index >= 15 is 0 Å². The van der Waals surface area contributed by atoms with Gasteiger partial charge in [-0.25, -0.2) is 0 Å². The highest BCUT2D eigenvalue weighted by atomic mass is 32.2. The van der Waals surface area contributed by atoms with Crippen molar-refractivity contribution >= 4 is 28.8 Å². The van der Waals surface area contributed by atoms with Crippen LogP contribution in [0.3, 0.4) is 0 Å². The van der Waals surface area contributed by atoms with Gasteiger partial charge in [-0.1, -0.05) is 23.9 Å². The number of nitrogen functional groups attached to an aromatic ring is 1. The second kappa shape index (κ2) is 4.72. The van der Waals surface area contributed by atoms with E-state index in [4.69, 9.17) is 5.84 Å². The van der Waals surface area contributed by atoms with E-state index in [9.17, 15) is 0 Å². The maximum atomic E-state index is 5.70. The average Bonchev–Trinajstić information content (AvgIpc) is 2.45. The van der Waals surface area contributed by atoms with Crippen molar-refractivity contribution in [1.82, 2.24) is 0 Å². The normalized spacial score (nSPS) is 12.4. The van der Waals surface area contributed by atoms with Crippen molar-refractivity contribution < 1.29 is 0 Å². The smallest absolute Gasteiger partial charge is 0.0563 e. The third-order valence-electron chi connectivity index (χ3n) is 4.08. The summed E-state index contributed by atoms with van der Waals surface area (Å²) in [6.45, 7) is 8.52. The van der Waals surface area contributed by atoms with Crippen molar-refractivity contribution in [3.05, 3.63) is 40.5 Å². The Labute approximate surface area is 123 Å². The third-order valence-corrected chi connectivity index (χ3v) is 5.54. The molecular weight excluding hydrogens is 266 g/mol. The van der Waals surface area contributed by atoms with Crippen LogP contribution < -0.4 is 16.6 Å². The molecule has 1 aliphatic heterocycles. The zero-order valence-corrected chi connectivity index (χ0v) is 13.0. The van der Waals surface area contributed by atoms with Crippen LogP contribution in [0.4, 0.5) is 17.1 Å². The van der Waals surface area contributed by atoms with Crippen molar-refractivity contribution in [2.24, 2.45) is 5.84 Å². The molecule has 0 saturated heterocycles. The van der Waals surface area contributed by atoms with Crippen molar-refractivity contribution in [2.45, 2.75) is 37.5 Å². The van der Waals surface area contributed by atoms with Gasteiger partial charge in [0.15, 0.2) is 0 Å². The second-order valence-corrected chi connectivity index (χ2v) is 6.30. The molecule has 20 heavy (non-hydrogen) atoms. The van der Waals surface area contributed by atoms with E-state index in [1.54, 1.807) is 0 Å². The van der Waals surface area contributed by atoms with Crippen LogP contribution >= 0.6 is 11.8 Å². The summed E-state index contributed by atoms with van der Waals surface area (Å²) in [6.07, 6.45) is 0. The van der Waals surface area contributed by atoms with Crippen molar-refractivity contribution in [1.29, 1.82) is 0 Å². The summed E-state index contributed by atoms with van der Waals surface area (Å²) in [6, 6.07) is 6.38. The number of hydrogen-bond donors (Lipinski definition) is 3. The summed E-state index contributed by atoms with van der Waals surface area (Å²) in [5, 5.41) is 3.59. The van der Waals surface area contributed by atoms with Crippen LogP contribution in [0.1, 0.15) is 22.3 Å². The van der Waals surface area contributed by atoms with Crippen LogP contribution in [-0.4, -0.2) is 0 Å². The average molecular weight is 285 g/mol. The Balaban J connectivity index is 2.25. The topological polar surface area (TPSA) is 50.1 Å². The van der Waals surface area contributed by atoms with E-state index in [-0.39, 0.29) is 0 Å². The number of hydrogen-bond acceptors (Lipinski definition) is 4. The van der Waals surface area contributed by atoms with Gasteiger partial charge in [0, 0.05) is 9.79 Å². The zero-order valence-electron chi connectivity index (χ0n) is 12.2. The maximum Gasteiger partial charge on any atom is 0.0563 e. The van der Waals surface area contributed by atoms with Crippen LogP contribution in [0, 0.1) is 27.7 Å². The number of hydrazine groups is 1. The van der Waals surface area contributed by atoms with E-state index in [0.29, 0.717) is 0 Å². The minimum Gasteiger partial charge on any atom is -0.353 e. The summed E-state index contributed by atoms with van der Waals surface area (Å²) in [7, 11) is 0. The van der Waals surface area contributed by atoms with Gasteiger partial charge in [0.2, 0.25) is 0 Å². The minimum absolute atomic E-state index is 1.03. The highest BCUT2D eigenvalue weighted by Gasteiger charge is 2.23. The number of aryl methyl sites for hydroxylation is 1. The molecule has 0 aromatic heterocycles. The number of nitrogens with one attached hydrogen (secondary N) is 2. The highest BCUT2D eigenvalue weighted by molar-refractivity contribution is 7.99. The second-order valence-electron chi connectivity index (χ2n) is 5.28. The van der Waals surface area contributed by atoms with E-state index < -0.39 is 0 Å². The van der Waals surface area contributed by atoms with Gasteiger partial charge in [-0.15, -0.1) is 0 Å². The van der Waals surface area contributed by atoms with Gasteiger partial charge in [0.25, 0.3) is 0 Å². The van der Waals surface area contributed by atoms with Crippen LogP contribution in [0.25, 0.3) is 0 Å². The van der Waals surface area contributed by atoms with Gasteiger partial charge >= 0.3 is 0 Å². The Morgan fingerprint density at radius 3 is 2.45 bits per heavy atom. The number of fused-ring (bicyclic) bond motifs is 2. The lowest BCUT2D eigenvalue weighted by molar-refractivity contribution is 1.15. The Bertz CT molecular complexity index is 708. The molecule has 0 spiro atoms. The van der Waals surface area contributed by atoms with Crippen LogP contribution in [0.5, 0.6) is 0 Å². The number of anilines is 3. The van der Waals surface area contributed by atoms with E-state index in [2.05, 4.69) is 56.6 Å². The van der Waals surface area contributed by atoms with Crippen molar-refractivity contribution in [2.75, 3.05) is 10.7 Å². The summed E-state index contributed by atoms with van der Waals surface area (Å²) in [5.41, 5.74) is 11.2. The van der Waals surface area contributed by atoms with Crippen molar-refractivity contribution in [3.8, 4) is 0 Å². The summed E-state index contributed by atoms with van der Waals surface area (Å²) in [4.78, 5) is 2.57. The number of benzene rings is 2. The molecule has 104 valence electrons. The van der Waals surface area contributed by atoms with Gasteiger partial charge in [-0.2, -0.15) is 0 Å². The highest BCUT2D eigenvalue weighted by Crippen LogP contribution is 2.50. The quantitative estimate of drug-likeness (QED) is 0.458. The van der Waals surface area contributed by atoms with Gasteiger partial charge in [0.1, 0.15) is 0 Å². The van der Waals surface area contributed by atoms with Crippen molar-refractivity contribution in [3.63, 3.8) is 0 Å². The van der Waals surface area contributed by atoms with Gasteiger partial charge in [-0.3, -0.25) is 5.84 Å². The summed E-state index contributed by atoms with van der Waals surface area (Å²) < 4.78 is 0. The summed E-state index contributed by atoms with van der Waals surface area (Å²) >= 11 is 1.83. The first-order valence-electron chi connectivity index (χ1n) is 6.69. The standard InChI is InChI=1S/C16H19N3S/c1-8-6-5-7-12-15(8)20-16-11(4)13(19-17)9(2)10(3)14(16)18-12/h5-7,18-19H,17H2,1-4H3. The Morgan fingerprint density at radius 1 is 1.00 bits per heavy atom. The predicted octanol–water partition coefficient (Wildman–Crippen LogP) is 4.41. The van der Waals surface area contributed by atoms with E-state index in [1.807, 2.05) is 11.8 Å². The molecule has 3 rings (SSSR count). The molecule has 0 bridgehead atoms. The molecule has 0 aliphatic carbocycles. The van der Waals surface area contributed by atoms with E-state index in [1.165, 1.54) is 43.4 Å². The predicted molar refractivity (Wildman–Crippen MR) is 87.0 cm³/mol. The molecule has 4 heteroatoms. The lowest BCUT2D eigenvalue weighted by Gasteiger charge is -2.28. The molecule has 0 amide bonds. The molecule has 3 nitrogen and oxygen atoms in total. The largest absolute Gasteiger partial charge is 0.353 e. The minimum atomic E-state index is 1.03. The molecule has 4 N–H and O–H groups in total. The summed E-state index contributed by atoms with van der Waals surface area (Å²) in [5.74, 6) is 5.70. The third kappa shape index (κ3) is 1.79. The van der Waals surface area contributed by atoms with Gasteiger partial charge in [0.05, 0.1) is 17.1 Å². The lowest BCUT2D eigenvalue weighted by atomic mass is 10.0. The maximum absolute atomic E-state index is 5.70. The van der Waals surface area contributed by atoms with Gasteiger partial charge < -0.3 is 10.7 Å². The zero-order chi connectivity index (χ0) is 14.4. The monoisotopic (exact) mass is 285 g/mol. The molecule has 0 fully saturated rings. The first kappa shape index (κ1) is 13.3. The molecule has 0 unspecified atom stereocenters. The molecule has 0 atom stereocenters. The Hall–Kier alpha value is -1.65. The molecule has 2 aromatic carbocycles. The fourth-order valence-electron chi connectivity index (χ4n) is 2.75. The molecule has 0 saturated carbocycles. The van der Waals surface area contributed by atoms with Crippen LogP contribution in [-0.2, 0) is 0 Å². The Morgan fingerprint density at radius 2 is 1.75 bits per heavy atom. The molecular formula is C16H19N3S. The SMILES string of the molecule is Cc1cccc2c1Sc1c(C)c(NN)c(C)c(C)c1N2. The fraction of sp³-hybridized carbons (Fsp3) is 0.250. The number of rotatable bonds is 1. The number of nitrogens with two attached hydrogens (primary N) is 1. The first-order chi connectivity index (χ1) is 9.54. The van der Waals surface area contributed by atoms with Gasteiger partial charge in [-0.05, 0) is 56.0 Å². The molecule has 1 heterocycles. The fourth-order valence-corrected chi connectivity index (χ4v) is 3.97. The van der Waals surface area contributed by atoms with E-state index in [0.717, 1.165) is 5.69 Å². The van der Waals surface area contributed by atoms with Crippen LogP contribution in [0.2, 0.25) is 0 Å². The van der Waals surface area contributed by atoms with Crippen LogP contribution in [0.15, 0.2) is 28.0 Å². The Kier molecular flexibility index (Phi) is 3.15. The lowest BCUT2D eigenvalue weighted by Crippen LogP contribution is -2.14. The molecule has 0 radical (unpaired) electrons. The molecule has 1 aliphatic rings. The molecule has 2 aromatic rings.